The van der Waals surface area contributed by atoms with E-state index < -0.39 is 0 Å². The molecule has 0 aliphatic heterocycles. The summed E-state index contributed by atoms with van der Waals surface area (Å²) in [6.45, 7) is 6.83. The Bertz CT molecular complexity index is 105. The zero-order valence-corrected chi connectivity index (χ0v) is 6.93. The van der Waals surface area contributed by atoms with E-state index in [1.807, 2.05) is 13.1 Å². The largest absolute Gasteiger partial charge is 0.316 e. The van der Waals surface area contributed by atoms with Crippen LogP contribution in [0.3, 0.4) is 0 Å². The third-order valence-electron chi connectivity index (χ3n) is 1.33. The summed E-state index contributed by atoms with van der Waals surface area (Å²) in [5.41, 5.74) is 0. The summed E-state index contributed by atoms with van der Waals surface area (Å²) in [6.07, 6.45) is 7.38. The second kappa shape index (κ2) is 6.56. The molecule has 1 unspecified atom stereocenters. The summed E-state index contributed by atoms with van der Waals surface area (Å²) in [5, 5.41) is 3.05. The van der Waals surface area contributed by atoms with E-state index in [9.17, 15) is 0 Å². The van der Waals surface area contributed by atoms with Crippen LogP contribution in [-0.4, -0.2) is 13.6 Å². The second-order valence-electron chi connectivity index (χ2n) is 2.49. The van der Waals surface area contributed by atoms with Crippen molar-refractivity contribution in [2.75, 3.05) is 13.6 Å². The van der Waals surface area contributed by atoms with Crippen LogP contribution in [0, 0.1) is 5.92 Å². The van der Waals surface area contributed by atoms with Crippen LogP contribution in [0.2, 0.25) is 0 Å². The first-order chi connectivity index (χ1) is 4.81. The van der Waals surface area contributed by atoms with E-state index in [-0.39, 0.29) is 0 Å². The molecule has 0 aromatic carbocycles. The maximum absolute atomic E-state index is 3.68. The van der Waals surface area contributed by atoms with Crippen molar-refractivity contribution in [3.05, 3.63) is 24.8 Å². The number of likely N-dealkylation sites (N-methyl/N-ethyl adjacent to an activating group) is 1. The molecule has 0 bridgehead atoms. The zero-order valence-electron chi connectivity index (χ0n) is 6.93. The van der Waals surface area contributed by atoms with Gasteiger partial charge in [-0.3, -0.25) is 0 Å². The molecule has 0 amide bonds. The maximum Gasteiger partial charge on any atom is 0.0131 e. The molecule has 1 heteroatoms. The van der Waals surface area contributed by atoms with Gasteiger partial charge in [0.25, 0.3) is 0 Å². The Hall–Kier alpha value is -0.560. The van der Waals surface area contributed by atoms with E-state index in [2.05, 4.69) is 31.0 Å². The Labute approximate surface area is 63.8 Å². The van der Waals surface area contributed by atoms with E-state index in [0.717, 1.165) is 13.0 Å². The minimum Gasteiger partial charge on any atom is -0.316 e. The van der Waals surface area contributed by atoms with Crippen LogP contribution in [0.25, 0.3) is 0 Å². The maximum atomic E-state index is 3.68. The molecule has 0 rings (SSSR count). The lowest BCUT2D eigenvalue weighted by Crippen LogP contribution is -2.04. The summed E-state index contributed by atoms with van der Waals surface area (Å²) in [4.78, 5) is 0. The molecule has 0 radical (unpaired) electrons. The van der Waals surface area contributed by atoms with Gasteiger partial charge in [-0.2, -0.15) is 0 Å². The first kappa shape index (κ1) is 9.44. The Balaban J connectivity index is 3.34. The minimum absolute atomic E-state index is 0.630. The van der Waals surface area contributed by atoms with E-state index in [0.29, 0.717) is 5.92 Å². The van der Waals surface area contributed by atoms with Gasteiger partial charge in [-0.05, 0) is 19.4 Å². The van der Waals surface area contributed by atoms with E-state index in [1.165, 1.54) is 0 Å². The average molecular weight is 139 g/mol. The van der Waals surface area contributed by atoms with E-state index >= 15 is 0 Å². The quantitative estimate of drug-likeness (QED) is 0.574. The van der Waals surface area contributed by atoms with Gasteiger partial charge in [0.2, 0.25) is 0 Å². The lowest BCUT2D eigenvalue weighted by molar-refractivity contribution is 0.739. The molecule has 0 aromatic heterocycles. The molecule has 0 aromatic rings. The number of nitrogens with one attached hydrogen (secondary N) is 1. The van der Waals surface area contributed by atoms with Crippen LogP contribution in [-0.2, 0) is 0 Å². The number of hydrogen-bond donors (Lipinski definition) is 1. The average Bonchev–Trinajstić information content (AvgIpc) is 1.89. The standard InChI is InChI=1S/C9H17N/c1-4-6-9(2)7-5-8-10-3/h4-5,7,9-10H,1,6,8H2,2-3H3/b7-5-. The molecule has 0 heterocycles. The molecule has 0 aliphatic rings. The van der Waals surface area contributed by atoms with Crippen LogP contribution < -0.4 is 5.32 Å². The van der Waals surface area contributed by atoms with E-state index in [4.69, 9.17) is 0 Å². The summed E-state index contributed by atoms with van der Waals surface area (Å²) in [6, 6.07) is 0. The minimum atomic E-state index is 0.630. The van der Waals surface area contributed by atoms with Crippen molar-refractivity contribution in [2.24, 2.45) is 5.92 Å². The summed E-state index contributed by atoms with van der Waals surface area (Å²) in [5.74, 6) is 0.630. The van der Waals surface area contributed by atoms with Crippen LogP contribution in [0.15, 0.2) is 24.8 Å². The van der Waals surface area contributed by atoms with Gasteiger partial charge in [-0.1, -0.05) is 25.2 Å². The van der Waals surface area contributed by atoms with Crippen molar-refractivity contribution >= 4 is 0 Å². The highest BCUT2D eigenvalue weighted by atomic mass is 14.8. The van der Waals surface area contributed by atoms with Gasteiger partial charge in [0.15, 0.2) is 0 Å². The fraction of sp³-hybridized carbons (Fsp3) is 0.556. The van der Waals surface area contributed by atoms with Gasteiger partial charge >= 0.3 is 0 Å². The Kier molecular flexibility index (Phi) is 6.19. The topological polar surface area (TPSA) is 12.0 Å². The molecule has 10 heavy (non-hydrogen) atoms. The van der Waals surface area contributed by atoms with Gasteiger partial charge < -0.3 is 5.32 Å². The van der Waals surface area contributed by atoms with Gasteiger partial charge in [-0.15, -0.1) is 6.58 Å². The Morgan fingerprint density at radius 3 is 2.80 bits per heavy atom. The number of hydrogen-bond acceptors (Lipinski definition) is 1. The molecule has 1 N–H and O–H groups in total. The monoisotopic (exact) mass is 139 g/mol. The third-order valence-corrected chi connectivity index (χ3v) is 1.33. The molecular formula is C9H17N. The van der Waals surface area contributed by atoms with E-state index in [1.54, 1.807) is 0 Å². The highest BCUT2D eigenvalue weighted by Gasteiger charge is 1.89. The third kappa shape index (κ3) is 5.57. The van der Waals surface area contributed by atoms with Gasteiger partial charge in [0.05, 0.1) is 0 Å². The van der Waals surface area contributed by atoms with Crippen LogP contribution in [0.4, 0.5) is 0 Å². The van der Waals surface area contributed by atoms with Crippen LogP contribution in [0.5, 0.6) is 0 Å². The molecule has 0 saturated heterocycles. The fourth-order valence-corrected chi connectivity index (χ4v) is 0.760. The van der Waals surface area contributed by atoms with Crippen molar-refractivity contribution in [3.8, 4) is 0 Å². The zero-order chi connectivity index (χ0) is 7.82. The van der Waals surface area contributed by atoms with Gasteiger partial charge in [-0.25, -0.2) is 0 Å². The summed E-state index contributed by atoms with van der Waals surface area (Å²) in [7, 11) is 1.95. The fourth-order valence-electron chi connectivity index (χ4n) is 0.760. The number of rotatable bonds is 5. The first-order valence-corrected chi connectivity index (χ1v) is 3.73. The predicted octanol–water partition coefficient (Wildman–Crippen LogP) is 1.97. The van der Waals surface area contributed by atoms with Gasteiger partial charge in [0, 0.05) is 6.54 Å². The lowest BCUT2D eigenvalue weighted by atomic mass is 10.1. The molecule has 1 nitrogen and oxygen atoms in total. The highest BCUT2D eigenvalue weighted by molar-refractivity contribution is 4.90. The lowest BCUT2D eigenvalue weighted by Gasteiger charge is -1.99. The van der Waals surface area contributed by atoms with Crippen LogP contribution in [0.1, 0.15) is 13.3 Å². The van der Waals surface area contributed by atoms with Crippen LogP contribution >= 0.6 is 0 Å². The predicted molar refractivity (Wildman–Crippen MR) is 47.0 cm³/mol. The second-order valence-corrected chi connectivity index (χ2v) is 2.49. The van der Waals surface area contributed by atoms with Crippen molar-refractivity contribution < 1.29 is 0 Å². The summed E-state index contributed by atoms with van der Waals surface area (Å²) >= 11 is 0. The summed E-state index contributed by atoms with van der Waals surface area (Å²) < 4.78 is 0. The molecule has 0 fully saturated rings. The van der Waals surface area contributed by atoms with Crippen molar-refractivity contribution in [3.63, 3.8) is 0 Å². The smallest absolute Gasteiger partial charge is 0.0131 e. The SMILES string of the molecule is C=CCC(C)/C=C\CNC. The molecule has 0 aliphatic carbocycles. The molecular weight excluding hydrogens is 122 g/mol. The van der Waals surface area contributed by atoms with Crippen molar-refractivity contribution in [1.29, 1.82) is 0 Å². The molecule has 0 saturated carbocycles. The molecule has 0 spiro atoms. The molecule has 1 atom stereocenters. The molecule has 58 valence electrons. The Morgan fingerprint density at radius 2 is 2.30 bits per heavy atom. The van der Waals surface area contributed by atoms with Crippen molar-refractivity contribution in [1.82, 2.24) is 5.32 Å². The normalized spacial score (nSPS) is 13.8. The highest BCUT2D eigenvalue weighted by Crippen LogP contribution is 2.02. The Morgan fingerprint density at radius 1 is 1.60 bits per heavy atom. The van der Waals surface area contributed by atoms with Crippen molar-refractivity contribution in [2.45, 2.75) is 13.3 Å². The van der Waals surface area contributed by atoms with Gasteiger partial charge in [0.1, 0.15) is 0 Å². The number of allylic oxidation sites excluding steroid dienone is 2. The first-order valence-electron chi connectivity index (χ1n) is 3.73.